The molecule has 1 amide bonds. The van der Waals surface area contributed by atoms with E-state index in [1.165, 1.54) is 0 Å². The van der Waals surface area contributed by atoms with Crippen molar-refractivity contribution in [3.05, 3.63) is 64.9 Å². The Morgan fingerprint density at radius 1 is 1.20 bits per heavy atom. The van der Waals surface area contributed by atoms with E-state index < -0.39 is 11.9 Å². The number of hydrogen-bond donors (Lipinski definition) is 0. The first-order valence-electron chi connectivity index (χ1n) is 11.7. The average Bonchev–Trinajstić information content (AvgIpc) is 3.56. The molecule has 0 aliphatic carbocycles. The van der Waals surface area contributed by atoms with Gasteiger partial charge in [-0.05, 0) is 43.5 Å². The lowest BCUT2D eigenvalue weighted by molar-refractivity contribution is -0.141. The number of benzene rings is 2. The van der Waals surface area contributed by atoms with Crippen molar-refractivity contribution in [3.63, 3.8) is 0 Å². The van der Waals surface area contributed by atoms with E-state index >= 15 is 0 Å². The van der Waals surface area contributed by atoms with Crippen molar-refractivity contribution in [2.75, 3.05) is 20.3 Å². The summed E-state index contributed by atoms with van der Waals surface area (Å²) in [7, 11) is 1.59. The molecule has 9 heteroatoms. The van der Waals surface area contributed by atoms with E-state index in [1.54, 1.807) is 12.0 Å². The molecule has 182 valence electrons. The average molecular weight is 494 g/mol. The second-order valence-electron chi connectivity index (χ2n) is 8.80. The number of nitrogens with zero attached hydrogens (tertiary/aromatic N) is 3. The van der Waals surface area contributed by atoms with Crippen LogP contribution >= 0.6 is 11.7 Å². The Bertz CT molecular complexity index is 1280. The van der Waals surface area contributed by atoms with Crippen LogP contribution in [0.4, 0.5) is 0 Å². The van der Waals surface area contributed by atoms with Gasteiger partial charge in [-0.1, -0.05) is 24.3 Å². The molecule has 1 saturated heterocycles. The zero-order valence-electron chi connectivity index (χ0n) is 19.7. The largest absolute Gasteiger partial charge is 0.496 e. The molecule has 3 heterocycles. The van der Waals surface area contributed by atoms with E-state index in [9.17, 15) is 9.59 Å². The minimum atomic E-state index is -0.445. The minimum absolute atomic E-state index is 0.0197. The molecule has 0 spiro atoms. The molecular formula is C26H27N3O5S. The van der Waals surface area contributed by atoms with Crippen molar-refractivity contribution >= 4 is 34.6 Å². The van der Waals surface area contributed by atoms with Gasteiger partial charge in [0.05, 0.1) is 37.1 Å². The number of carbonyl (C=O) groups excluding carboxylic acids is 2. The Kier molecular flexibility index (Phi) is 6.79. The van der Waals surface area contributed by atoms with E-state index in [1.807, 2.05) is 49.4 Å². The lowest BCUT2D eigenvalue weighted by atomic mass is 9.83. The summed E-state index contributed by atoms with van der Waals surface area (Å²) in [5, 5.41) is 0. The maximum Gasteiger partial charge on any atom is 0.336 e. The fraction of sp³-hybridized carbons (Fsp3) is 0.385. The summed E-state index contributed by atoms with van der Waals surface area (Å²) in [6.07, 6.45) is 2.04. The molecule has 2 aromatic carbocycles. The Balaban J connectivity index is 1.48. The molecular weight excluding hydrogens is 466 g/mol. The van der Waals surface area contributed by atoms with Crippen molar-refractivity contribution in [1.82, 2.24) is 13.6 Å². The maximum absolute atomic E-state index is 13.6. The molecule has 0 unspecified atom stereocenters. The molecule has 1 aromatic heterocycles. The van der Waals surface area contributed by atoms with Crippen LogP contribution in [-0.4, -0.2) is 51.9 Å². The zero-order valence-corrected chi connectivity index (χ0v) is 20.5. The summed E-state index contributed by atoms with van der Waals surface area (Å²) in [5.41, 5.74) is 4.27. The highest BCUT2D eigenvalue weighted by Gasteiger charge is 2.38. The SMILES string of the molecule is COc1ccccc1COC(=O)C1=C(C)N(C[C@H]2CCCO2)C(=O)C[C@H]1c1ccc2nsnc2c1. The van der Waals surface area contributed by atoms with Crippen molar-refractivity contribution in [1.29, 1.82) is 0 Å². The van der Waals surface area contributed by atoms with Crippen LogP contribution in [0.1, 0.15) is 43.2 Å². The highest BCUT2D eigenvalue weighted by atomic mass is 32.1. The third-order valence-corrected chi connectivity index (χ3v) is 7.24. The number of methoxy groups -OCH3 is 1. The van der Waals surface area contributed by atoms with Gasteiger partial charge < -0.3 is 19.1 Å². The molecule has 0 saturated carbocycles. The Labute approximate surface area is 207 Å². The van der Waals surface area contributed by atoms with E-state index in [-0.39, 0.29) is 25.0 Å². The smallest absolute Gasteiger partial charge is 0.336 e. The zero-order chi connectivity index (χ0) is 24.4. The number of rotatable bonds is 7. The molecule has 0 N–H and O–H groups in total. The third kappa shape index (κ3) is 4.78. The van der Waals surface area contributed by atoms with Crippen molar-refractivity contribution in [3.8, 4) is 5.75 Å². The normalized spacial score (nSPS) is 20.5. The molecule has 0 radical (unpaired) electrons. The van der Waals surface area contributed by atoms with Crippen LogP contribution in [0, 0.1) is 0 Å². The van der Waals surface area contributed by atoms with Gasteiger partial charge in [0.1, 0.15) is 23.4 Å². The van der Waals surface area contributed by atoms with Crippen LogP contribution in [0.2, 0.25) is 0 Å². The van der Waals surface area contributed by atoms with Gasteiger partial charge in [0.25, 0.3) is 0 Å². The predicted molar refractivity (Wildman–Crippen MR) is 131 cm³/mol. The predicted octanol–water partition coefficient (Wildman–Crippen LogP) is 4.21. The Morgan fingerprint density at radius 3 is 2.83 bits per heavy atom. The van der Waals surface area contributed by atoms with Gasteiger partial charge in [-0.15, -0.1) is 0 Å². The van der Waals surface area contributed by atoms with Gasteiger partial charge in [-0.25, -0.2) is 4.79 Å². The number of carbonyl (C=O) groups is 2. The fourth-order valence-corrected chi connectivity index (χ4v) is 5.35. The summed E-state index contributed by atoms with van der Waals surface area (Å²) >= 11 is 1.14. The number of hydrogen-bond acceptors (Lipinski definition) is 8. The van der Waals surface area contributed by atoms with Gasteiger partial charge in [0, 0.05) is 30.2 Å². The van der Waals surface area contributed by atoms with Crippen LogP contribution < -0.4 is 4.74 Å². The maximum atomic E-state index is 13.6. The molecule has 0 bridgehead atoms. The van der Waals surface area contributed by atoms with E-state index in [0.717, 1.165) is 46.7 Å². The first-order valence-corrected chi connectivity index (χ1v) is 12.4. The van der Waals surface area contributed by atoms with Crippen molar-refractivity contribution < 1.29 is 23.8 Å². The molecule has 8 nitrogen and oxygen atoms in total. The highest BCUT2D eigenvalue weighted by molar-refractivity contribution is 7.00. The van der Waals surface area contributed by atoms with Crippen LogP contribution in [0.15, 0.2) is 53.7 Å². The Morgan fingerprint density at radius 2 is 2.03 bits per heavy atom. The van der Waals surface area contributed by atoms with Crippen molar-refractivity contribution in [2.24, 2.45) is 0 Å². The first kappa shape index (κ1) is 23.4. The summed E-state index contributed by atoms with van der Waals surface area (Å²) < 4.78 is 25.5. The number of amides is 1. The third-order valence-electron chi connectivity index (χ3n) is 6.68. The standard InChI is InChI=1S/C26H27N3O5S/c1-16-25(26(31)34-15-18-6-3-4-8-23(18)32-2)20(17-9-10-21-22(12-17)28-35-27-21)13-24(30)29(16)14-19-7-5-11-33-19/h3-4,6,8-10,12,19-20H,5,7,11,13-15H2,1-2H3/t19-,20+/m1/s1. The highest BCUT2D eigenvalue weighted by Crippen LogP contribution is 2.38. The molecule has 2 aliphatic heterocycles. The Hall–Kier alpha value is -3.30. The summed E-state index contributed by atoms with van der Waals surface area (Å²) in [6, 6.07) is 13.1. The molecule has 5 rings (SSSR count). The molecule has 1 fully saturated rings. The van der Waals surface area contributed by atoms with Gasteiger partial charge in [0.2, 0.25) is 5.91 Å². The van der Waals surface area contributed by atoms with Gasteiger partial charge >= 0.3 is 5.97 Å². The number of fused-ring (bicyclic) bond motifs is 1. The second kappa shape index (κ2) is 10.1. The number of allylic oxidation sites excluding steroid dienone is 1. The summed E-state index contributed by atoms with van der Waals surface area (Å²) in [5.74, 6) is -0.247. The molecule has 2 atom stereocenters. The summed E-state index contributed by atoms with van der Waals surface area (Å²) in [6.45, 7) is 3.03. The minimum Gasteiger partial charge on any atom is -0.496 e. The van der Waals surface area contributed by atoms with Gasteiger partial charge in [0.15, 0.2) is 0 Å². The van der Waals surface area contributed by atoms with E-state index in [2.05, 4.69) is 8.75 Å². The van der Waals surface area contributed by atoms with Crippen LogP contribution in [-0.2, 0) is 25.7 Å². The lowest BCUT2D eigenvalue weighted by Gasteiger charge is -2.35. The lowest BCUT2D eigenvalue weighted by Crippen LogP contribution is -2.42. The quantitative estimate of drug-likeness (QED) is 0.455. The van der Waals surface area contributed by atoms with E-state index in [0.29, 0.717) is 30.2 Å². The van der Waals surface area contributed by atoms with Crippen LogP contribution in [0.3, 0.4) is 0 Å². The number of aromatic nitrogens is 2. The monoisotopic (exact) mass is 493 g/mol. The second-order valence-corrected chi connectivity index (χ2v) is 9.32. The van der Waals surface area contributed by atoms with E-state index in [4.69, 9.17) is 14.2 Å². The van der Waals surface area contributed by atoms with Gasteiger partial charge in [-0.2, -0.15) is 8.75 Å². The van der Waals surface area contributed by atoms with Crippen LogP contribution in [0.25, 0.3) is 11.0 Å². The number of ether oxygens (including phenoxy) is 3. The van der Waals surface area contributed by atoms with Crippen LogP contribution in [0.5, 0.6) is 5.75 Å². The van der Waals surface area contributed by atoms with Gasteiger partial charge in [-0.3, -0.25) is 4.79 Å². The number of para-hydroxylation sites is 1. The van der Waals surface area contributed by atoms with Crippen molar-refractivity contribution in [2.45, 2.75) is 44.8 Å². The molecule has 3 aromatic rings. The molecule has 35 heavy (non-hydrogen) atoms. The topological polar surface area (TPSA) is 90.8 Å². The molecule has 2 aliphatic rings. The number of esters is 1. The first-order chi connectivity index (χ1) is 17.0. The summed E-state index contributed by atoms with van der Waals surface area (Å²) in [4.78, 5) is 28.5. The fourth-order valence-electron chi connectivity index (χ4n) is 4.84.